The molecule has 3 rings (SSSR count). The Hall–Kier alpha value is -3.19. The van der Waals surface area contributed by atoms with Gasteiger partial charge in [0, 0.05) is 5.02 Å². The van der Waals surface area contributed by atoms with Crippen LogP contribution in [-0.4, -0.2) is 33.5 Å². The minimum atomic E-state index is -0.703. The third kappa shape index (κ3) is 4.75. The molecule has 144 valence electrons. The first-order valence-electron chi connectivity index (χ1n) is 8.65. The number of hydrogen-bond acceptors (Lipinski definition) is 5. The van der Waals surface area contributed by atoms with Crippen LogP contribution in [0.15, 0.2) is 54.6 Å². The lowest BCUT2D eigenvalue weighted by Gasteiger charge is -2.14. The maximum absolute atomic E-state index is 12.3. The summed E-state index contributed by atoms with van der Waals surface area (Å²) in [5.41, 5.74) is 2.06. The third-order valence-electron chi connectivity index (χ3n) is 4.02. The average Bonchev–Trinajstić information content (AvgIpc) is 3.08. The largest absolute Gasteiger partial charge is 0.451 e. The van der Waals surface area contributed by atoms with Crippen molar-refractivity contribution in [2.75, 3.05) is 6.61 Å². The molecule has 0 bridgehead atoms. The second kappa shape index (κ2) is 8.67. The third-order valence-corrected chi connectivity index (χ3v) is 4.26. The van der Waals surface area contributed by atoms with Crippen LogP contribution in [0, 0.1) is 6.92 Å². The zero-order chi connectivity index (χ0) is 20.1. The molecule has 0 spiro atoms. The molecule has 1 atom stereocenters. The molecule has 0 unspecified atom stereocenters. The van der Waals surface area contributed by atoms with Crippen LogP contribution in [0.25, 0.3) is 5.69 Å². The number of hydrogen-bond donors (Lipinski definition) is 1. The summed E-state index contributed by atoms with van der Waals surface area (Å²) in [7, 11) is 0. The van der Waals surface area contributed by atoms with E-state index in [2.05, 4.69) is 15.5 Å². The lowest BCUT2D eigenvalue weighted by molar-refractivity contribution is -0.124. The van der Waals surface area contributed by atoms with Gasteiger partial charge in [0.1, 0.15) is 0 Å². The highest BCUT2D eigenvalue weighted by atomic mass is 35.5. The summed E-state index contributed by atoms with van der Waals surface area (Å²) in [4.78, 5) is 25.7. The number of amides is 1. The molecule has 0 aliphatic heterocycles. The molecule has 0 saturated carbocycles. The molecule has 1 aromatic heterocycles. The molecule has 0 aliphatic carbocycles. The lowest BCUT2D eigenvalue weighted by atomic mass is 10.1. The van der Waals surface area contributed by atoms with Crippen LogP contribution in [0.2, 0.25) is 5.02 Å². The van der Waals surface area contributed by atoms with E-state index in [1.165, 1.54) is 4.80 Å². The molecular formula is C20H19ClN4O3. The van der Waals surface area contributed by atoms with Gasteiger partial charge >= 0.3 is 5.97 Å². The van der Waals surface area contributed by atoms with E-state index in [0.29, 0.717) is 10.7 Å². The van der Waals surface area contributed by atoms with E-state index in [-0.39, 0.29) is 11.7 Å². The van der Waals surface area contributed by atoms with E-state index in [4.69, 9.17) is 16.3 Å². The highest BCUT2D eigenvalue weighted by Gasteiger charge is 2.19. The van der Waals surface area contributed by atoms with Crippen molar-refractivity contribution in [2.45, 2.75) is 19.9 Å². The topological polar surface area (TPSA) is 86.1 Å². The van der Waals surface area contributed by atoms with Crippen LogP contribution in [0.5, 0.6) is 0 Å². The fraction of sp³-hybridized carbons (Fsp3) is 0.200. The van der Waals surface area contributed by atoms with Gasteiger partial charge in [-0.1, -0.05) is 41.9 Å². The van der Waals surface area contributed by atoms with Crippen LogP contribution < -0.4 is 5.32 Å². The number of para-hydroxylation sites is 1. The Kier molecular flexibility index (Phi) is 6.06. The Balaban J connectivity index is 1.58. The van der Waals surface area contributed by atoms with E-state index in [0.717, 1.165) is 11.3 Å². The monoisotopic (exact) mass is 398 g/mol. The number of nitrogens with one attached hydrogen (secondary N) is 1. The van der Waals surface area contributed by atoms with Crippen LogP contribution in [0.1, 0.15) is 34.7 Å². The van der Waals surface area contributed by atoms with E-state index in [1.807, 2.05) is 43.3 Å². The van der Waals surface area contributed by atoms with Crippen LogP contribution in [-0.2, 0) is 9.53 Å². The smallest absolute Gasteiger partial charge is 0.361 e. The van der Waals surface area contributed by atoms with Crippen LogP contribution in [0.3, 0.4) is 0 Å². The van der Waals surface area contributed by atoms with Crippen molar-refractivity contribution < 1.29 is 14.3 Å². The molecule has 8 heteroatoms. The summed E-state index contributed by atoms with van der Waals surface area (Å²) in [5, 5.41) is 11.7. The first-order valence-corrected chi connectivity index (χ1v) is 9.03. The molecule has 28 heavy (non-hydrogen) atoms. The Morgan fingerprint density at radius 2 is 1.89 bits per heavy atom. The minimum absolute atomic E-state index is 0.0690. The average molecular weight is 399 g/mol. The fourth-order valence-electron chi connectivity index (χ4n) is 2.59. The molecule has 0 radical (unpaired) electrons. The predicted molar refractivity (Wildman–Crippen MR) is 104 cm³/mol. The summed E-state index contributed by atoms with van der Waals surface area (Å²) in [5.74, 6) is -1.13. The number of rotatable bonds is 6. The first kappa shape index (κ1) is 19.6. The number of benzene rings is 2. The number of aryl methyl sites for hydroxylation is 1. The molecule has 0 saturated heterocycles. The Morgan fingerprint density at radius 1 is 1.14 bits per heavy atom. The summed E-state index contributed by atoms with van der Waals surface area (Å²) in [6.07, 6.45) is 0. The Labute approximate surface area is 167 Å². The van der Waals surface area contributed by atoms with Gasteiger partial charge in [0.25, 0.3) is 5.91 Å². The number of aromatic nitrogens is 3. The molecule has 2 aromatic carbocycles. The standard InChI is InChI=1S/C20H19ClN4O3/c1-13(15-7-6-8-16(21)11-15)22-18(26)12-28-20(27)19-14(2)23-25(24-19)17-9-4-3-5-10-17/h3-11,13H,12H2,1-2H3,(H,22,26)/t13-/m1/s1. The van der Waals surface area contributed by atoms with Gasteiger partial charge in [-0.3, -0.25) is 4.79 Å². The first-order chi connectivity index (χ1) is 13.4. The highest BCUT2D eigenvalue weighted by molar-refractivity contribution is 6.30. The van der Waals surface area contributed by atoms with Crippen molar-refractivity contribution in [1.82, 2.24) is 20.3 Å². The molecule has 0 fully saturated rings. The van der Waals surface area contributed by atoms with Gasteiger partial charge in [0.05, 0.1) is 17.4 Å². The van der Waals surface area contributed by atoms with Crippen molar-refractivity contribution in [1.29, 1.82) is 0 Å². The highest BCUT2D eigenvalue weighted by Crippen LogP contribution is 2.17. The lowest BCUT2D eigenvalue weighted by Crippen LogP contribution is -2.31. The van der Waals surface area contributed by atoms with Crippen LogP contribution >= 0.6 is 11.6 Å². The van der Waals surface area contributed by atoms with E-state index in [9.17, 15) is 9.59 Å². The summed E-state index contributed by atoms with van der Waals surface area (Å²) in [6.45, 7) is 3.06. The summed E-state index contributed by atoms with van der Waals surface area (Å²) in [6, 6.07) is 16.1. The maximum Gasteiger partial charge on any atom is 0.361 e. The second-order valence-corrected chi connectivity index (χ2v) is 6.62. The molecule has 1 heterocycles. The van der Waals surface area contributed by atoms with Crippen molar-refractivity contribution >= 4 is 23.5 Å². The number of carbonyl (C=O) groups excluding carboxylic acids is 2. The van der Waals surface area contributed by atoms with Gasteiger partial charge in [0.15, 0.2) is 12.3 Å². The normalized spacial score (nSPS) is 11.7. The van der Waals surface area contributed by atoms with E-state index < -0.39 is 18.5 Å². The van der Waals surface area contributed by atoms with Gasteiger partial charge in [-0.2, -0.15) is 9.90 Å². The quantitative estimate of drug-likeness (QED) is 0.644. The number of halogens is 1. The molecule has 1 N–H and O–H groups in total. The molecule has 1 amide bonds. The number of ether oxygens (including phenoxy) is 1. The Bertz CT molecular complexity index is 988. The zero-order valence-electron chi connectivity index (χ0n) is 15.4. The fourth-order valence-corrected chi connectivity index (χ4v) is 2.78. The summed E-state index contributed by atoms with van der Waals surface area (Å²) >= 11 is 5.96. The van der Waals surface area contributed by atoms with E-state index >= 15 is 0 Å². The number of nitrogens with zero attached hydrogens (tertiary/aromatic N) is 3. The van der Waals surface area contributed by atoms with Crippen molar-refractivity contribution in [3.05, 3.63) is 76.6 Å². The zero-order valence-corrected chi connectivity index (χ0v) is 16.2. The number of esters is 1. The van der Waals surface area contributed by atoms with Gasteiger partial charge in [-0.15, -0.1) is 5.10 Å². The van der Waals surface area contributed by atoms with Gasteiger partial charge in [0.2, 0.25) is 0 Å². The van der Waals surface area contributed by atoms with Crippen LogP contribution in [0.4, 0.5) is 0 Å². The van der Waals surface area contributed by atoms with Crippen molar-refractivity contribution in [3.63, 3.8) is 0 Å². The molecule has 0 aliphatic rings. The molecule has 3 aromatic rings. The second-order valence-electron chi connectivity index (χ2n) is 6.18. The van der Waals surface area contributed by atoms with E-state index in [1.54, 1.807) is 25.1 Å². The van der Waals surface area contributed by atoms with Gasteiger partial charge in [-0.05, 0) is 43.7 Å². The molecule has 7 nitrogen and oxygen atoms in total. The Morgan fingerprint density at radius 3 is 2.61 bits per heavy atom. The van der Waals surface area contributed by atoms with Crippen molar-refractivity contribution in [3.8, 4) is 5.69 Å². The van der Waals surface area contributed by atoms with Gasteiger partial charge < -0.3 is 10.1 Å². The van der Waals surface area contributed by atoms with Crippen molar-refractivity contribution in [2.24, 2.45) is 0 Å². The van der Waals surface area contributed by atoms with Gasteiger partial charge in [-0.25, -0.2) is 4.79 Å². The SMILES string of the molecule is Cc1nn(-c2ccccc2)nc1C(=O)OCC(=O)N[C@H](C)c1cccc(Cl)c1. The summed E-state index contributed by atoms with van der Waals surface area (Å²) < 4.78 is 5.09. The number of carbonyl (C=O) groups is 2. The minimum Gasteiger partial charge on any atom is -0.451 e. The maximum atomic E-state index is 12.3. The predicted octanol–water partition coefficient (Wildman–Crippen LogP) is 3.26. The molecular weight excluding hydrogens is 380 g/mol.